The molecule has 0 aliphatic heterocycles. The van der Waals surface area contributed by atoms with Crippen LogP contribution in [0.5, 0.6) is 0 Å². The van der Waals surface area contributed by atoms with Crippen molar-refractivity contribution in [1.29, 1.82) is 0 Å². The molecule has 0 unspecified atom stereocenters. The standard InChI is InChI=1S/C7H7F2NO3S/c1-13-14(11,12)4-7-6(9)2-5(8)3-10-7/h2-3H,4H2,1H3. The molecule has 0 N–H and O–H groups in total. The van der Waals surface area contributed by atoms with Crippen molar-refractivity contribution < 1.29 is 21.4 Å². The first-order valence-electron chi connectivity index (χ1n) is 3.53. The first kappa shape index (κ1) is 11.0. The van der Waals surface area contributed by atoms with E-state index in [0.29, 0.717) is 6.07 Å². The lowest BCUT2D eigenvalue weighted by Gasteiger charge is -2.01. The van der Waals surface area contributed by atoms with Crippen LogP contribution in [0, 0.1) is 11.6 Å². The highest BCUT2D eigenvalue weighted by Crippen LogP contribution is 2.10. The third-order valence-corrected chi connectivity index (χ3v) is 2.59. The minimum Gasteiger partial charge on any atom is -0.273 e. The van der Waals surface area contributed by atoms with Crippen LogP contribution in [0.25, 0.3) is 0 Å². The predicted molar refractivity (Wildman–Crippen MR) is 43.8 cm³/mol. The van der Waals surface area contributed by atoms with Crippen LogP contribution >= 0.6 is 0 Å². The van der Waals surface area contributed by atoms with Gasteiger partial charge in [-0.05, 0) is 0 Å². The second-order valence-corrected chi connectivity index (χ2v) is 4.19. The molecule has 1 aromatic heterocycles. The van der Waals surface area contributed by atoms with Crippen LogP contribution in [0.15, 0.2) is 12.3 Å². The van der Waals surface area contributed by atoms with Crippen LogP contribution in [-0.4, -0.2) is 20.5 Å². The molecule has 1 rings (SSSR count). The molecule has 1 heterocycles. The monoisotopic (exact) mass is 223 g/mol. The van der Waals surface area contributed by atoms with Crippen molar-refractivity contribution in [1.82, 2.24) is 4.98 Å². The van der Waals surface area contributed by atoms with E-state index in [2.05, 4.69) is 9.17 Å². The molecule has 78 valence electrons. The van der Waals surface area contributed by atoms with Gasteiger partial charge >= 0.3 is 0 Å². The van der Waals surface area contributed by atoms with Gasteiger partial charge in [0.2, 0.25) is 0 Å². The highest BCUT2D eigenvalue weighted by molar-refractivity contribution is 7.85. The lowest BCUT2D eigenvalue weighted by molar-refractivity contribution is 0.395. The predicted octanol–water partition coefficient (Wildman–Crippen LogP) is 0.836. The first-order valence-corrected chi connectivity index (χ1v) is 5.10. The van der Waals surface area contributed by atoms with E-state index in [1.165, 1.54) is 0 Å². The molecule has 4 nitrogen and oxygen atoms in total. The fourth-order valence-corrected chi connectivity index (χ4v) is 1.44. The molecule has 0 saturated carbocycles. The van der Waals surface area contributed by atoms with E-state index in [1.54, 1.807) is 0 Å². The third kappa shape index (κ3) is 2.71. The zero-order valence-corrected chi connectivity index (χ0v) is 8.01. The molecule has 0 aromatic carbocycles. The quantitative estimate of drug-likeness (QED) is 0.712. The van der Waals surface area contributed by atoms with Crippen molar-refractivity contribution in [2.24, 2.45) is 0 Å². The third-order valence-electron chi connectivity index (χ3n) is 1.45. The fraction of sp³-hybridized carbons (Fsp3) is 0.286. The molecule has 0 bridgehead atoms. The average molecular weight is 223 g/mol. The van der Waals surface area contributed by atoms with Crippen molar-refractivity contribution in [2.75, 3.05) is 7.11 Å². The Hall–Kier alpha value is -1.08. The van der Waals surface area contributed by atoms with Crippen molar-refractivity contribution in [3.05, 3.63) is 29.6 Å². The molecule has 1 aromatic rings. The molecule has 0 radical (unpaired) electrons. The number of nitrogens with zero attached hydrogens (tertiary/aromatic N) is 1. The van der Waals surface area contributed by atoms with Crippen molar-refractivity contribution in [3.63, 3.8) is 0 Å². The Bertz CT molecular complexity index is 433. The van der Waals surface area contributed by atoms with Gasteiger partial charge in [-0.25, -0.2) is 8.78 Å². The number of aromatic nitrogens is 1. The number of rotatable bonds is 3. The van der Waals surface area contributed by atoms with Gasteiger partial charge in [0, 0.05) is 6.07 Å². The molecule has 14 heavy (non-hydrogen) atoms. The van der Waals surface area contributed by atoms with Crippen molar-refractivity contribution in [2.45, 2.75) is 5.75 Å². The largest absolute Gasteiger partial charge is 0.273 e. The van der Waals surface area contributed by atoms with Gasteiger partial charge in [-0.1, -0.05) is 0 Å². The average Bonchev–Trinajstić information content (AvgIpc) is 2.10. The van der Waals surface area contributed by atoms with Crippen LogP contribution < -0.4 is 0 Å². The molecule has 0 atom stereocenters. The molecule has 0 fully saturated rings. The van der Waals surface area contributed by atoms with Crippen LogP contribution in [0.4, 0.5) is 8.78 Å². The van der Waals surface area contributed by atoms with Gasteiger partial charge in [0.25, 0.3) is 10.1 Å². The van der Waals surface area contributed by atoms with Crippen LogP contribution in [0.2, 0.25) is 0 Å². The normalized spacial score (nSPS) is 11.6. The first-order chi connectivity index (χ1) is 6.44. The SMILES string of the molecule is COS(=O)(=O)Cc1ncc(F)cc1F. The molecular weight excluding hydrogens is 216 g/mol. The topological polar surface area (TPSA) is 56.3 Å². The lowest BCUT2D eigenvalue weighted by atomic mass is 10.3. The molecule has 0 saturated heterocycles. The molecule has 0 spiro atoms. The second-order valence-electron chi connectivity index (χ2n) is 2.45. The van der Waals surface area contributed by atoms with Gasteiger partial charge in [-0.15, -0.1) is 0 Å². The van der Waals surface area contributed by atoms with Gasteiger partial charge in [-0.2, -0.15) is 8.42 Å². The zero-order valence-electron chi connectivity index (χ0n) is 7.20. The minimum absolute atomic E-state index is 0.367. The van der Waals surface area contributed by atoms with Gasteiger partial charge in [0.1, 0.15) is 17.4 Å². The highest BCUT2D eigenvalue weighted by Gasteiger charge is 2.15. The van der Waals surface area contributed by atoms with E-state index in [1.807, 2.05) is 0 Å². The Morgan fingerprint density at radius 1 is 1.50 bits per heavy atom. The summed E-state index contributed by atoms with van der Waals surface area (Å²) in [6.45, 7) is 0. The van der Waals surface area contributed by atoms with Gasteiger partial charge < -0.3 is 0 Å². The number of hydrogen-bond acceptors (Lipinski definition) is 4. The summed E-state index contributed by atoms with van der Waals surface area (Å²) in [4.78, 5) is 3.30. The fourth-order valence-electron chi connectivity index (χ4n) is 0.775. The summed E-state index contributed by atoms with van der Waals surface area (Å²) in [5.41, 5.74) is -0.367. The Kier molecular flexibility index (Phi) is 3.12. The number of halogens is 2. The maximum Gasteiger partial charge on any atom is 0.272 e. The van der Waals surface area contributed by atoms with Crippen LogP contribution in [0.1, 0.15) is 5.69 Å². The number of hydrogen-bond donors (Lipinski definition) is 0. The van der Waals surface area contributed by atoms with Gasteiger partial charge in [0.15, 0.2) is 0 Å². The summed E-state index contributed by atoms with van der Waals surface area (Å²) in [5, 5.41) is 0. The highest BCUT2D eigenvalue weighted by atomic mass is 32.2. The smallest absolute Gasteiger partial charge is 0.272 e. The van der Waals surface area contributed by atoms with Crippen LogP contribution in [0.3, 0.4) is 0 Å². The van der Waals surface area contributed by atoms with Crippen LogP contribution in [-0.2, 0) is 20.1 Å². The van der Waals surface area contributed by atoms with E-state index in [9.17, 15) is 17.2 Å². The summed E-state index contributed by atoms with van der Waals surface area (Å²) in [7, 11) is -2.88. The Labute approximate surface area is 79.7 Å². The zero-order chi connectivity index (χ0) is 10.8. The molecule has 0 aliphatic rings. The maximum absolute atomic E-state index is 12.9. The second kappa shape index (κ2) is 3.97. The van der Waals surface area contributed by atoms with Crippen molar-refractivity contribution in [3.8, 4) is 0 Å². The van der Waals surface area contributed by atoms with Gasteiger partial charge in [0.05, 0.1) is 19.0 Å². The number of pyridine rings is 1. The molecular formula is C7H7F2NO3S. The maximum atomic E-state index is 12.9. The Morgan fingerprint density at radius 2 is 2.14 bits per heavy atom. The molecule has 0 amide bonds. The Morgan fingerprint density at radius 3 is 2.64 bits per heavy atom. The summed E-state index contributed by atoms with van der Waals surface area (Å²) in [6, 6.07) is 0.563. The Balaban J connectivity index is 2.99. The van der Waals surface area contributed by atoms with E-state index < -0.39 is 27.5 Å². The van der Waals surface area contributed by atoms with E-state index in [4.69, 9.17) is 0 Å². The summed E-state index contributed by atoms with van der Waals surface area (Å²) in [5.74, 6) is -2.58. The van der Waals surface area contributed by atoms with E-state index >= 15 is 0 Å². The molecule has 7 heteroatoms. The minimum atomic E-state index is -3.83. The summed E-state index contributed by atoms with van der Waals surface area (Å²) in [6.07, 6.45) is 0.740. The van der Waals surface area contributed by atoms with E-state index in [-0.39, 0.29) is 5.69 Å². The molecule has 0 aliphatic carbocycles. The summed E-state index contributed by atoms with van der Waals surface area (Å²) < 4.78 is 51.1. The van der Waals surface area contributed by atoms with E-state index in [0.717, 1.165) is 13.3 Å². The summed E-state index contributed by atoms with van der Waals surface area (Å²) >= 11 is 0. The van der Waals surface area contributed by atoms with Crippen molar-refractivity contribution >= 4 is 10.1 Å². The van der Waals surface area contributed by atoms with Gasteiger partial charge in [-0.3, -0.25) is 9.17 Å². The lowest BCUT2D eigenvalue weighted by Crippen LogP contribution is -2.09.